The lowest BCUT2D eigenvalue weighted by Gasteiger charge is -2.53. The maximum Gasteiger partial charge on any atom is 0.130 e. The van der Waals surface area contributed by atoms with Gasteiger partial charge in [-0.2, -0.15) is 0 Å². The van der Waals surface area contributed by atoms with E-state index in [0.717, 1.165) is 44.2 Å². The highest BCUT2D eigenvalue weighted by Crippen LogP contribution is 2.63. The summed E-state index contributed by atoms with van der Waals surface area (Å²) in [7, 11) is 0. The zero-order chi connectivity index (χ0) is 16.2. The predicted molar refractivity (Wildman–Crippen MR) is 90.0 cm³/mol. The Morgan fingerprint density at radius 1 is 1.30 bits per heavy atom. The van der Waals surface area contributed by atoms with Crippen LogP contribution in [0.5, 0.6) is 0 Å². The molecule has 2 N–H and O–H groups in total. The SMILES string of the molecule is C#C[C@]1(O)CC[C@H]2[C@@H]3C=CC4=CC(=NO)CCC4C3CC[C@@]21C. The molecule has 0 heterocycles. The Morgan fingerprint density at radius 2 is 2.13 bits per heavy atom. The van der Waals surface area contributed by atoms with E-state index in [0.29, 0.717) is 23.7 Å². The molecule has 0 saturated heterocycles. The van der Waals surface area contributed by atoms with Crippen molar-refractivity contribution in [2.45, 2.75) is 51.0 Å². The summed E-state index contributed by atoms with van der Waals surface area (Å²) in [4.78, 5) is 0. The first kappa shape index (κ1) is 15.0. The highest BCUT2D eigenvalue weighted by molar-refractivity contribution is 5.96. The van der Waals surface area contributed by atoms with E-state index in [-0.39, 0.29) is 5.41 Å². The second-order valence-electron chi connectivity index (χ2n) is 8.09. The first-order chi connectivity index (χ1) is 11.0. The van der Waals surface area contributed by atoms with Gasteiger partial charge in [-0.3, -0.25) is 0 Å². The topological polar surface area (TPSA) is 52.8 Å². The number of allylic oxidation sites excluding steroid dienone is 4. The Labute approximate surface area is 138 Å². The van der Waals surface area contributed by atoms with Crippen molar-refractivity contribution in [3.05, 3.63) is 23.8 Å². The van der Waals surface area contributed by atoms with Crippen molar-refractivity contribution in [2.24, 2.45) is 34.2 Å². The van der Waals surface area contributed by atoms with Crippen LogP contribution in [0, 0.1) is 41.4 Å². The second-order valence-corrected chi connectivity index (χ2v) is 8.09. The molecule has 2 unspecified atom stereocenters. The van der Waals surface area contributed by atoms with Gasteiger partial charge >= 0.3 is 0 Å². The molecular weight excluding hydrogens is 286 g/mol. The summed E-state index contributed by atoms with van der Waals surface area (Å²) in [5.41, 5.74) is 1.03. The van der Waals surface area contributed by atoms with E-state index in [1.54, 1.807) is 0 Å². The summed E-state index contributed by atoms with van der Waals surface area (Å²) in [6.45, 7) is 2.21. The number of aliphatic hydroxyl groups is 1. The lowest BCUT2D eigenvalue weighted by Crippen LogP contribution is -2.51. The molecule has 2 saturated carbocycles. The fourth-order valence-electron chi connectivity index (χ4n) is 6.00. The van der Waals surface area contributed by atoms with Gasteiger partial charge in [-0.25, -0.2) is 0 Å². The number of rotatable bonds is 0. The van der Waals surface area contributed by atoms with Crippen LogP contribution in [-0.4, -0.2) is 21.6 Å². The standard InChI is InChI=1S/C20H25NO2/c1-3-20(22)11-9-18-17-6-4-13-12-14(21-23)5-7-15(13)16(17)8-10-19(18,20)2/h1,4,6,12,15-18,22-23H,5,7-11H2,2H3/t15?,16?,17-,18+,19+,20+/m1/s1. The van der Waals surface area contributed by atoms with Gasteiger partial charge in [0, 0.05) is 5.41 Å². The third kappa shape index (κ3) is 1.91. The van der Waals surface area contributed by atoms with Gasteiger partial charge in [0.2, 0.25) is 0 Å². The molecule has 0 spiro atoms. The Morgan fingerprint density at radius 3 is 2.87 bits per heavy atom. The van der Waals surface area contributed by atoms with E-state index in [4.69, 9.17) is 11.6 Å². The van der Waals surface area contributed by atoms with E-state index in [1.807, 2.05) is 0 Å². The van der Waals surface area contributed by atoms with Crippen molar-refractivity contribution >= 4 is 5.71 Å². The third-order valence-electron chi connectivity index (χ3n) is 7.40. The Kier molecular flexibility index (Phi) is 3.25. The molecule has 0 aliphatic heterocycles. The minimum absolute atomic E-state index is 0.152. The molecule has 0 bridgehead atoms. The maximum absolute atomic E-state index is 10.9. The van der Waals surface area contributed by atoms with Crippen LogP contribution in [-0.2, 0) is 0 Å². The molecule has 0 radical (unpaired) electrons. The molecule has 4 rings (SSSR count). The van der Waals surface area contributed by atoms with Gasteiger partial charge in [-0.1, -0.05) is 30.2 Å². The molecule has 0 aromatic carbocycles. The van der Waals surface area contributed by atoms with Gasteiger partial charge in [-0.15, -0.1) is 6.42 Å². The Bertz CT molecular complexity index is 655. The second kappa shape index (κ2) is 4.98. The summed E-state index contributed by atoms with van der Waals surface area (Å²) in [6, 6.07) is 0. The number of nitrogens with zero attached hydrogens (tertiary/aromatic N) is 1. The first-order valence-corrected chi connectivity index (χ1v) is 8.83. The summed E-state index contributed by atoms with van der Waals surface area (Å²) in [6.07, 6.45) is 18.2. The molecule has 3 heteroatoms. The van der Waals surface area contributed by atoms with Gasteiger partial charge in [0.1, 0.15) is 5.60 Å². The van der Waals surface area contributed by atoms with Crippen LogP contribution in [0.25, 0.3) is 0 Å². The van der Waals surface area contributed by atoms with Crippen LogP contribution < -0.4 is 0 Å². The molecule has 0 aromatic heterocycles. The first-order valence-electron chi connectivity index (χ1n) is 8.83. The van der Waals surface area contributed by atoms with E-state index in [9.17, 15) is 5.11 Å². The normalized spacial score (nSPS) is 49.8. The molecule has 0 aromatic rings. The summed E-state index contributed by atoms with van der Waals surface area (Å²) in [5.74, 6) is 4.93. The average Bonchev–Trinajstić information content (AvgIpc) is 2.86. The molecular formula is C20H25NO2. The number of hydrogen-bond acceptors (Lipinski definition) is 3. The third-order valence-corrected chi connectivity index (χ3v) is 7.40. The quantitative estimate of drug-likeness (QED) is 0.408. The lowest BCUT2D eigenvalue weighted by atomic mass is 9.52. The minimum atomic E-state index is -0.935. The number of fused-ring (bicyclic) bond motifs is 5. The monoisotopic (exact) mass is 311 g/mol. The van der Waals surface area contributed by atoms with Gasteiger partial charge in [0.15, 0.2) is 0 Å². The molecule has 4 aliphatic rings. The highest BCUT2D eigenvalue weighted by atomic mass is 16.4. The molecule has 2 fully saturated rings. The van der Waals surface area contributed by atoms with Crippen molar-refractivity contribution in [3.8, 4) is 12.3 Å². The van der Waals surface area contributed by atoms with Crippen LogP contribution in [0.2, 0.25) is 0 Å². The van der Waals surface area contributed by atoms with Crippen LogP contribution >= 0.6 is 0 Å². The van der Waals surface area contributed by atoms with Crippen LogP contribution in [0.15, 0.2) is 29.0 Å². The summed E-state index contributed by atoms with van der Waals surface area (Å²) in [5, 5.41) is 23.3. The number of hydrogen-bond donors (Lipinski definition) is 2. The number of terminal acetylenes is 1. The van der Waals surface area contributed by atoms with Gasteiger partial charge in [-0.05, 0) is 73.8 Å². The lowest BCUT2D eigenvalue weighted by molar-refractivity contribution is -0.0699. The smallest absolute Gasteiger partial charge is 0.130 e. The van der Waals surface area contributed by atoms with Crippen LogP contribution in [0.1, 0.15) is 45.4 Å². The molecule has 4 aliphatic carbocycles. The van der Waals surface area contributed by atoms with E-state index in [2.05, 4.69) is 36.2 Å². The zero-order valence-corrected chi connectivity index (χ0v) is 13.7. The summed E-state index contributed by atoms with van der Waals surface area (Å²) >= 11 is 0. The van der Waals surface area contributed by atoms with Crippen molar-refractivity contribution in [2.75, 3.05) is 0 Å². The fourth-order valence-corrected chi connectivity index (χ4v) is 6.00. The molecule has 23 heavy (non-hydrogen) atoms. The largest absolute Gasteiger partial charge is 0.411 e. The van der Waals surface area contributed by atoms with E-state index < -0.39 is 5.60 Å². The Hall–Kier alpha value is -1.53. The van der Waals surface area contributed by atoms with Crippen molar-refractivity contribution < 1.29 is 10.3 Å². The van der Waals surface area contributed by atoms with Crippen molar-refractivity contribution in [1.29, 1.82) is 0 Å². The molecule has 0 amide bonds. The Balaban J connectivity index is 1.70. The van der Waals surface area contributed by atoms with Crippen molar-refractivity contribution in [3.63, 3.8) is 0 Å². The van der Waals surface area contributed by atoms with Crippen LogP contribution in [0.3, 0.4) is 0 Å². The van der Waals surface area contributed by atoms with Crippen molar-refractivity contribution in [1.82, 2.24) is 0 Å². The zero-order valence-electron chi connectivity index (χ0n) is 13.7. The number of oxime groups is 1. The van der Waals surface area contributed by atoms with Crippen LogP contribution in [0.4, 0.5) is 0 Å². The van der Waals surface area contributed by atoms with E-state index in [1.165, 1.54) is 5.57 Å². The fraction of sp³-hybridized carbons (Fsp3) is 0.650. The maximum atomic E-state index is 10.9. The molecule has 6 atom stereocenters. The molecule has 122 valence electrons. The highest BCUT2D eigenvalue weighted by Gasteiger charge is 2.61. The van der Waals surface area contributed by atoms with Gasteiger partial charge < -0.3 is 10.3 Å². The average molecular weight is 311 g/mol. The van der Waals surface area contributed by atoms with Gasteiger partial charge in [0.05, 0.1) is 5.71 Å². The molecule has 3 nitrogen and oxygen atoms in total. The summed E-state index contributed by atoms with van der Waals surface area (Å²) < 4.78 is 0. The minimum Gasteiger partial charge on any atom is -0.411 e. The predicted octanol–water partition coefficient (Wildman–Crippen LogP) is 3.53. The van der Waals surface area contributed by atoms with E-state index >= 15 is 0 Å². The van der Waals surface area contributed by atoms with Gasteiger partial charge in [0.25, 0.3) is 0 Å².